The summed E-state index contributed by atoms with van der Waals surface area (Å²) in [5.41, 5.74) is 0. The maximum absolute atomic E-state index is 10.3. The fourth-order valence-corrected chi connectivity index (χ4v) is 3.61. The average molecular weight is 275 g/mol. The lowest BCUT2D eigenvalue weighted by Crippen LogP contribution is -2.35. The van der Waals surface area contributed by atoms with E-state index in [4.69, 9.17) is 4.42 Å². The Morgan fingerprint density at radius 3 is 3.05 bits per heavy atom. The Balaban J connectivity index is 1.54. The molecule has 0 saturated carbocycles. The van der Waals surface area contributed by atoms with Gasteiger partial charge in [0.05, 0.1) is 6.26 Å². The molecule has 0 aromatic carbocycles. The van der Waals surface area contributed by atoms with Gasteiger partial charge in [0, 0.05) is 12.6 Å². The average Bonchev–Trinajstić information content (AvgIpc) is 3.12. The smallest absolute Gasteiger partial charge is 0.132 e. The van der Waals surface area contributed by atoms with Crippen molar-refractivity contribution in [2.45, 2.75) is 50.7 Å². The molecule has 0 bridgehead atoms. The van der Waals surface area contributed by atoms with E-state index in [2.05, 4.69) is 17.1 Å². The predicted octanol–water partition coefficient (Wildman–Crippen LogP) is 3.52. The third kappa shape index (κ3) is 3.33. The van der Waals surface area contributed by atoms with Crippen LogP contribution < -0.4 is 0 Å². The van der Waals surface area contributed by atoms with Gasteiger partial charge in [-0.2, -0.15) is 0 Å². The summed E-state index contributed by atoms with van der Waals surface area (Å²) in [4.78, 5) is 2.59. The highest BCUT2D eigenvalue weighted by Crippen LogP contribution is 2.30. The van der Waals surface area contributed by atoms with E-state index in [-0.39, 0.29) is 0 Å². The van der Waals surface area contributed by atoms with Crippen molar-refractivity contribution in [3.8, 4) is 0 Å². The van der Waals surface area contributed by atoms with Crippen LogP contribution in [-0.4, -0.2) is 29.1 Å². The number of aliphatic hydroxyl groups is 1. The Bertz CT molecular complexity index is 426. The van der Waals surface area contributed by atoms with Gasteiger partial charge in [-0.1, -0.05) is 12.2 Å². The van der Waals surface area contributed by atoms with Gasteiger partial charge in [0.15, 0.2) is 0 Å². The predicted molar refractivity (Wildman–Crippen MR) is 79.4 cm³/mol. The quantitative estimate of drug-likeness (QED) is 0.835. The normalized spacial score (nSPS) is 28.9. The van der Waals surface area contributed by atoms with Gasteiger partial charge >= 0.3 is 0 Å². The second-order valence-electron chi connectivity index (χ2n) is 6.21. The summed E-state index contributed by atoms with van der Waals surface area (Å²) in [7, 11) is 0. The molecular weight excluding hydrogens is 250 g/mol. The van der Waals surface area contributed by atoms with Crippen LogP contribution in [0.3, 0.4) is 0 Å². The lowest BCUT2D eigenvalue weighted by Gasteiger charge is -2.30. The van der Waals surface area contributed by atoms with Gasteiger partial charge < -0.3 is 9.52 Å². The van der Waals surface area contributed by atoms with Crippen molar-refractivity contribution < 1.29 is 9.52 Å². The second-order valence-corrected chi connectivity index (χ2v) is 6.21. The third-order valence-corrected chi connectivity index (χ3v) is 4.74. The molecule has 3 nitrogen and oxygen atoms in total. The number of hydrogen-bond donors (Lipinski definition) is 1. The lowest BCUT2D eigenvalue weighted by molar-refractivity contribution is 0.0952. The molecule has 1 N–H and O–H groups in total. The highest BCUT2D eigenvalue weighted by molar-refractivity contribution is 5.03. The van der Waals surface area contributed by atoms with E-state index in [0.29, 0.717) is 11.8 Å². The summed E-state index contributed by atoms with van der Waals surface area (Å²) >= 11 is 0. The van der Waals surface area contributed by atoms with Crippen molar-refractivity contribution in [3.63, 3.8) is 0 Å². The minimum absolute atomic E-state index is 0.457. The second kappa shape index (κ2) is 6.59. The molecule has 3 atom stereocenters. The number of hydrogen-bond acceptors (Lipinski definition) is 3. The van der Waals surface area contributed by atoms with Crippen LogP contribution >= 0.6 is 0 Å². The SMILES string of the molecule is OC(CC1CCCN1CC1CC=CCC1)c1ccco1. The first-order valence-electron chi connectivity index (χ1n) is 7.93. The van der Waals surface area contributed by atoms with E-state index in [1.807, 2.05) is 12.1 Å². The number of rotatable bonds is 5. The molecule has 20 heavy (non-hydrogen) atoms. The maximum atomic E-state index is 10.3. The van der Waals surface area contributed by atoms with Crippen molar-refractivity contribution >= 4 is 0 Å². The molecule has 0 spiro atoms. The molecule has 2 heterocycles. The molecule has 2 aliphatic rings. The Morgan fingerprint density at radius 1 is 1.35 bits per heavy atom. The zero-order valence-electron chi connectivity index (χ0n) is 12.1. The zero-order chi connectivity index (χ0) is 13.8. The van der Waals surface area contributed by atoms with Crippen LogP contribution in [0.5, 0.6) is 0 Å². The summed E-state index contributed by atoms with van der Waals surface area (Å²) < 4.78 is 5.31. The monoisotopic (exact) mass is 275 g/mol. The first-order chi connectivity index (χ1) is 9.83. The van der Waals surface area contributed by atoms with E-state index >= 15 is 0 Å². The number of likely N-dealkylation sites (tertiary alicyclic amines) is 1. The van der Waals surface area contributed by atoms with Gasteiger partial charge in [-0.05, 0) is 63.1 Å². The van der Waals surface area contributed by atoms with Crippen LogP contribution in [0.1, 0.15) is 50.4 Å². The summed E-state index contributed by atoms with van der Waals surface area (Å²) in [6, 6.07) is 4.23. The standard InChI is InChI=1S/C17H25NO2/c19-16(17-9-5-11-20-17)12-15-8-4-10-18(15)13-14-6-2-1-3-7-14/h1-2,5,9,11,14-16,19H,3-4,6-8,10,12-13H2. The van der Waals surface area contributed by atoms with Gasteiger partial charge in [-0.25, -0.2) is 0 Å². The van der Waals surface area contributed by atoms with Crippen LogP contribution in [0.4, 0.5) is 0 Å². The van der Waals surface area contributed by atoms with Crippen molar-refractivity contribution in [2.24, 2.45) is 5.92 Å². The Labute approximate surface area is 121 Å². The topological polar surface area (TPSA) is 36.6 Å². The van der Waals surface area contributed by atoms with E-state index in [0.717, 1.165) is 12.3 Å². The zero-order valence-corrected chi connectivity index (χ0v) is 12.1. The highest BCUT2D eigenvalue weighted by Gasteiger charge is 2.29. The molecule has 110 valence electrons. The van der Waals surface area contributed by atoms with Crippen LogP contribution in [0.15, 0.2) is 35.0 Å². The number of aliphatic hydroxyl groups excluding tert-OH is 1. The molecule has 0 amide bonds. The first-order valence-corrected chi connectivity index (χ1v) is 7.93. The van der Waals surface area contributed by atoms with Crippen molar-refractivity contribution in [1.82, 2.24) is 4.90 Å². The van der Waals surface area contributed by atoms with Gasteiger partial charge in [-0.15, -0.1) is 0 Å². The van der Waals surface area contributed by atoms with E-state index in [1.165, 1.54) is 45.2 Å². The summed E-state index contributed by atoms with van der Waals surface area (Å²) in [6.45, 7) is 2.38. The Kier molecular flexibility index (Phi) is 4.58. The van der Waals surface area contributed by atoms with Gasteiger partial charge in [-0.3, -0.25) is 4.90 Å². The Morgan fingerprint density at radius 2 is 2.30 bits per heavy atom. The molecule has 3 heteroatoms. The van der Waals surface area contributed by atoms with Crippen molar-refractivity contribution in [1.29, 1.82) is 0 Å². The molecule has 1 fully saturated rings. The van der Waals surface area contributed by atoms with Crippen LogP contribution in [0, 0.1) is 5.92 Å². The molecule has 0 radical (unpaired) electrons. The largest absolute Gasteiger partial charge is 0.467 e. The van der Waals surface area contributed by atoms with Crippen molar-refractivity contribution in [3.05, 3.63) is 36.3 Å². The van der Waals surface area contributed by atoms with E-state index in [9.17, 15) is 5.11 Å². The summed E-state index contributed by atoms with van der Waals surface area (Å²) in [5.74, 6) is 1.51. The molecule has 1 aromatic rings. The first kappa shape index (κ1) is 13.9. The molecule has 3 rings (SSSR count). The molecule has 3 unspecified atom stereocenters. The molecular formula is C17H25NO2. The number of furan rings is 1. The third-order valence-electron chi connectivity index (χ3n) is 4.74. The molecule has 1 aliphatic heterocycles. The molecule has 1 saturated heterocycles. The van der Waals surface area contributed by atoms with Gasteiger partial charge in [0.2, 0.25) is 0 Å². The molecule has 1 aliphatic carbocycles. The van der Waals surface area contributed by atoms with Gasteiger partial charge in [0.1, 0.15) is 11.9 Å². The Hall–Kier alpha value is -1.06. The molecule has 1 aromatic heterocycles. The van der Waals surface area contributed by atoms with E-state index < -0.39 is 6.10 Å². The highest BCUT2D eigenvalue weighted by atomic mass is 16.4. The minimum atomic E-state index is -0.457. The summed E-state index contributed by atoms with van der Waals surface area (Å²) in [5, 5.41) is 10.3. The number of nitrogens with zero attached hydrogens (tertiary/aromatic N) is 1. The van der Waals surface area contributed by atoms with Crippen molar-refractivity contribution in [2.75, 3.05) is 13.1 Å². The van der Waals surface area contributed by atoms with Crippen LogP contribution in [0.2, 0.25) is 0 Å². The minimum Gasteiger partial charge on any atom is -0.467 e. The van der Waals surface area contributed by atoms with E-state index in [1.54, 1.807) is 6.26 Å². The lowest BCUT2D eigenvalue weighted by atomic mass is 9.93. The van der Waals surface area contributed by atoms with Crippen LogP contribution in [0.25, 0.3) is 0 Å². The number of allylic oxidation sites excluding steroid dienone is 2. The fourth-order valence-electron chi connectivity index (χ4n) is 3.61. The van der Waals surface area contributed by atoms with Crippen LogP contribution in [-0.2, 0) is 0 Å². The maximum Gasteiger partial charge on any atom is 0.132 e. The van der Waals surface area contributed by atoms with Gasteiger partial charge in [0.25, 0.3) is 0 Å². The summed E-state index contributed by atoms with van der Waals surface area (Å²) in [6.07, 6.45) is 12.9. The fraction of sp³-hybridized carbons (Fsp3) is 0.647.